The maximum absolute atomic E-state index is 13.8. The molecule has 0 aliphatic carbocycles. The molecule has 0 aromatic carbocycles. The third-order valence-electron chi connectivity index (χ3n) is 2.39. The lowest BCUT2D eigenvalue weighted by Gasteiger charge is -2.22. The summed E-state index contributed by atoms with van der Waals surface area (Å²) in [6, 6.07) is -1.53. The third kappa shape index (κ3) is 3.10. The second-order valence-corrected chi connectivity index (χ2v) is 6.18. The zero-order valence-electron chi connectivity index (χ0n) is 10.3. The molecule has 2 aromatic rings. The highest BCUT2D eigenvalue weighted by molar-refractivity contribution is 6.66. The molecular formula is C8H2Cl3F5N6O. The highest BCUT2D eigenvalue weighted by Crippen LogP contribution is 2.49. The van der Waals surface area contributed by atoms with E-state index in [2.05, 4.69) is 20.6 Å². The van der Waals surface area contributed by atoms with Gasteiger partial charge in [-0.2, -0.15) is 31.3 Å². The largest absolute Gasteiger partial charge is 0.459 e. The SMILES string of the molecule is O=C(n1ccnn1)n1nnc(C(Cl)(Cl)Cl)c1C(F)(F)C(F)(F)F. The van der Waals surface area contributed by atoms with Crippen LogP contribution >= 0.6 is 34.8 Å². The van der Waals surface area contributed by atoms with Crippen molar-refractivity contribution < 1.29 is 26.7 Å². The molecule has 2 rings (SSSR count). The van der Waals surface area contributed by atoms with Crippen LogP contribution in [0.25, 0.3) is 0 Å². The van der Waals surface area contributed by atoms with E-state index >= 15 is 0 Å². The third-order valence-corrected chi connectivity index (χ3v) is 2.93. The highest BCUT2D eigenvalue weighted by atomic mass is 35.6. The van der Waals surface area contributed by atoms with Gasteiger partial charge in [0.25, 0.3) is 0 Å². The zero-order valence-corrected chi connectivity index (χ0v) is 12.5. The Balaban J connectivity index is 2.71. The number of aromatic nitrogens is 6. The maximum atomic E-state index is 13.8. The number of hydrogen-bond acceptors (Lipinski definition) is 5. The summed E-state index contributed by atoms with van der Waals surface area (Å²) in [6.07, 6.45) is -4.24. The Bertz CT molecular complexity index is 722. The Morgan fingerprint density at radius 3 is 2.13 bits per heavy atom. The summed E-state index contributed by atoms with van der Waals surface area (Å²) in [6.45, 7) is 0. The molecule has 0 saturated carbocycles. The highest BCUT2D eigenvalue weighted by Gasteiger charge is 2.64. The van der Waals surface area contributed by atoms with Crippen molar-refractivity contribution >= 4 is 40.8 Å². The minimum Gasteiger partial charge on any atom is -0.243 e. The molecule has 0 N–H and O–H groups in total. The molecule has 0 spiro atoms. The first-order valence-corrected chi connectivity index (χ1v) is 6.39. The predicted octanol–water partition coefficient (Wildman–Crippen LogP) is 2.87. The fraction of sp³-hybridized carbons (Fsp3) is 0.375. The summed E-state index contributed by atoms with van der Waals surface area (Å²) >= 11 is 16.0. The first kappa shape index (κ1) is 17.8. The van der Waals surface area contributed by atoms with Gasteiger partial charge >= 0.3 is 18.1 Å². The van der Waals surface area contributed by atoms with Gasteiger partial charge in [-0.15, -0.1) is 10.2 Å². The van der Waals surface area contributed by atoms with Crippen LogP contribution in [-0.2, 0) is 9.72 Å². The van der Waals surface area contributed by atoms with Crippen molar-refractivity contribution in [3.8, 4) is 0 Å². The van der Waals surface area contributed by atoms with Gasteiger partial charge in [-0.3, -0.25) is 0 Å². The number of nitrogens with zero attached hydrogens (tertiary/aromatic N) is 6. The number of rotatable bonds is 1. The normalized spacial score (nSPS) is 13.4. The van der Waals surface area contributed by atoms with Gasteiger partial charge in [0, 0.05) is 0 Å². The summed E-state index contributed by atoms with van der Waals surface area (Å²) in [7, 11) is 0. The number of alkyl halides is 8. The molecule has 2 aromatic heterocycles. The van der Waals surface area contributed by atoms with Crippen molar-refractivity contribution in [2.45, 2.75) is 15.9 Å². The minimum absolute atomic E-state index is 0.340. The number of hydrogen-bond donors (Lipinski definition) is 0. The minimum atomic E-state index is -6.10. The molecule has 0 unspecified atom stereocenters. The summed E-state index contributed by atoms with van der Waals surface area (Å²) in [5.41, 5.74) is -3.39. The van der Waals surface area contributed by atoms with Crippen molar-refractivity contribution in [2.75, 3.05) is 0 Å². The number of carbonyl (C=O) groups excluding carboxylic acids is 1. The van der Waals surface area contributed by atoms with Crippen molar-refractivity contribution in [3.63, 3.8) is 0 Å². The second-order valence-electron chi connectivity index (χ2n) is 3.90. The molecule has 0 amide bonds. The van der Waals surface area contributed by atoms with Crippen molar-refractivity contribution in [1.82, 2.24) is 30.0 Å². The van der Waals surface area contributed by atoms with Crippen LogP contribution in [0.1, 0.15) is 11.4 Å². The molecule has 15 heteroatoms. The zero-order chi connectivity index (χ0) is 17.6. The molecular weight excluding hydrogens is 397 g/mol. The molecule has 2 heterocycles. The summed E-state index contributed by atoms with van der Waals surface area (Å²) in [5, 5.41) is 12.2. The topological polar surface area (TPSA) is 78.5 Å². The molecule has 126 valence electrons. The first-order valence-electron chi connectivity index (χ1n) is 5.26. The van der Waals surface area contributed by atoms with E-state index in [-0.39, 0.29) is 4.68 Å². The fourth-order valence-corrected chi connectivity index (χ4v) is 1.81. The van der Waals surface area contributed by atoms with Crippen LogP contribution in [0, 0.1) is 0 Å². The van der Waals surface area contributed by atoms with E-state index in [1.807, 2.05) is 0 Å². The summed E-state index contributed by atoms with van der Waals surface area (Å²) in [5.74, 6) is -5.58. The molecule has 0 bridgehead atoms. The van der Waals surface area contributed by atoms with Crippen LogP contribution in [0.5, 0.6) is 0 Å². The van der Waals surface area contributed by atoms with Gasteiger partial charge in [0.05, 0.1) is 12.4 Å². The number of carbonyl (C=O) groups is 1. The average Bonchev–Trinajstić information content (AvgIpc) is 3.05. The standard InChI is InChI=1S/C8H2Cl3F5N6O/c9-7(10,11)3-4(6(12,13)8(14,15)16)22(20-18-3)5(23)21-2-1-17-19-21/h1-2H. The van der Waals surface area contributed by atoms with E-state index in [1.165, 1.54) is 0 Å². The van der Waals surface area contributed by atoms with Crippen molar-refractivity contribution in [2.24, 2.45) is 0 Å². The van der Waals surface area contributed by atoms with Crippen LogP contribution in [0.4, 0.5) is 26.7 Å². The van der Waals surface area contributed by atoms with E-state index < -0.39 is 33.3 Å². The van der Waals surface area contributed by atoms with Gasteiger partial charge in [-0.25, -0.2) is 4.79 Å². The predicted molar refractivity (Wildman–Crippen MR) is 65.4 cm³/mol. The number of halogens is 8. The summed E-state index contributed by atoms with van der Waals surface area (Å²) < 4.78 is 62.7. The molecule has 0 saturated heterocycles. The van der Waals surface area contributed by atoms with Gasteiger partial charge < -0.3 is 0 Å². The Morgan fingerprint density at radius 1 is 1.09 bits per heavy atom. The maximum Gasteiger partial charge on any atom is 0.459 e. The molecule has 7 nitrogen and oxygen atoms in total. The van der Waals surface area contributed by atoms with Crippen LogP contribution in [-0.4, -0.2) is 42.2 Å². The molecule has 0 aliphatic rings. The van der Waals surface area contributed by atoms with E-state index in [9.17, 15) is 26.7 Å². The van der Waals surface area contributed by atoms with Crippen LogP contribution in [0.2, 0.25) is 0 Å². The lowest BCUT2D eigenvalue weighted by Crippen LogP contribution is -2.39. The lowest BCUT2D eigenvalue weighted by atomic mass is 10.2. The van der Waals surface area contributed by atoms with Crippen LogP contribution in [0.15, 0.2) is 12.4 Å². The lowest BCUT2D eigenvalue weighted by molar-refractivity contribution is -0.291. The quantitative estimate of drug-likeness (QED) is 0.544. The Kier molecular flexibility index (Phi) is 4.28. The van der Waals surface area contributed by atoms with Gasteiger partial charge in [-0.05, 0) is 0 Å². The van der Waals surface area contributed by atoms with Gasteiger partial charge in [0.1, 0.15) is 5.69 Å². The monoisotopic (exact) mass is 398 g/mol. The first-order chi connectivity index (χ1) is 10.4. The van der Waals surface area contributed by atoms with Crippen molar-refractivity contribution in [3.05, 3.63) is 23.8 Å². The fourth-order valence-electron chi connectivity index (χ4n) is 1.43. The van der Waals surface area contributed by atoms with Gasteiger partial charge in [-0.1, -0.05) is 45.2 Å². The van der Waals surface area contributed by atoms with Gasteiger partial charge in [0.15, 0.2) is 5.69 Å². The molecule has 23 heavy (non-hydrogen) atoms. The van der Waals surface area contributed by atoms with E-state index in [1.54, 1.807) is 0 Å². The molecule has 0 aliphatic heterocycles. The van der Waals surface area contributed by atoms with Crippen LogP contribution in [0.3, 0.4) is 0 Å². The van der Waals surface area contributed by atoms with Crippen molar-refractivity contribution in [1.29, 1.82) is 0 Å². The van der Waals surface area contributed by atoms with E-state index in [4.69, 9.17) is 34.8 Å². The molecule has 0 radical (unpaired) electrons. The van der Waals surface area contributed by atoms with Crippen LogP contribution < -0.4 is 0 Å². The Morgan fingerprint density at radius 2 is 1.70 bits per heavy atom. The Hall–Kier alpha value is -1.53. The van der Waals surface area contributed by atoms with E-state index in [0.29, 0.717) is 4.68 Å². The molecule has 0 atom stereocenters. The second kappa shape index (κ2) is 5.53. The van der Waals surface area contributed by atoms with Gasteiger partial charge in [0.2, 0.25) is 3.79 Å². The smallest absolute Gasteiger partial charge is 0.243 e. The molecule has 0 fully saturated rings. The Labute approximate surface area is 137 Å². The van der Waals surface area contributed by atoms with E-state index in [0.717, 1.165) is 12.4 Å². The average molecular weight is 399 g/mol. The summed E-state index contributed by atoms with van der Waals surface area (Å²) in [4.78, 5) is 11.9.